The molecule has 3 N–H and O–H groups in total. The Bertz CT molecular complexity index is 486. The smallest absolute Gasteiger partial charge is 0.174 e. The van der Waals surface area contributed by atoms with Crippen molar-refractivity contribution in [2.24, 2.45) is 5.92 Å². The first-order valence-corrected chi connectivity index (χ1v) is 7.46. The lowest BCUT2D eigenvalue weighted by atomic mass is 9.93. The predicted molar refractivity (Wildman–Crippen MR) is 71.6 cm³/mol. The van der Waals surface area contributed by atoms with Crippen LogP contribution in [0.4, 0.5) is 0 Å². The molecule has 0 bridgehead atoms. The van der Waals surface area contributed by atoms with Crippen molar-refractivity contribution in [1.29, 1.82) is 0 Å². The van der Waals surface area contributed by atoms with Crippen LogP contribution >= 0.6 is 0 Å². The number of fused-ring (bicyclic) bond motifs is 2. The van der Waals surface area contributed by atoms with E-state index in [0.29, 0.717) is 0 Å². The van der Waals surface area contributed by atoms with Crippen molar-refractivity contribution in [3.05, 3.63) is 11.8 Å². The SMILES string of the molecule is CC1=CN([C@@]2(C)OC(CO)C(O)C2C)C2OC2NC2OC12. The van der Waals surface area contributed by atoms with Crippen LogP contribution < -0.4 is 5.32 Å². The van der Waals surface area contributed by atoms with Crippen molar-refractivity contribution in [2.45, 2.75) is 63.5 Å². The standard InChI is InChI=1S/C14H22N2O5/c1-6-4-16(13-12(20-13)15-11-10(6)19-11)14(3)7(2)9(18)8(5-17)21-14/h4,7-13,15,17-18H,5H2,1-3H3/t7?,8?,9?,10?,11?,12?,13?,14-/m0/s1. The van der Waals surface area contributed by atoms with Crippen LogP contribution in [-0.4, -0.2) is 64.4 Å². The molecule has 4 aliphatic heterocycles. The third-order valence-corrected chi connectivity index (χ3v) is 5.17. The molecule has 0 aliphatic carbocycles. The molecule has 7 nitrogen and oxygen atoms in total. The second-order valence-corrected chi connectivity index (χ2v) is 6.54. The van der Waals surface area contributed by atoms with E-state index in [2.05, 4.69) is 5.32 Å². The average Bonchev–Trinajstić information content (AvgIpc) is 3.36. The van der Waals surface area contributed by atoms with Gasteiger partial charge in [0.25, 0.3) is 0 Å². The Morgan fingerprint density at radius 3 is 2.81 bits per heavy atom. The summed E-state index contributed by atoms with van der Waals surface area (Å²) in [4.78, 5) is 2.02. The second-order valence-electron chi connectivity index (χ2n) is 6.54. The minimum atomic E-state index is -0.725. The lowest BCUT2D eigenvalue weighted by Crippen LogP contribution is -2.51. The van der Waals surface area contributed by atoms with Gasteiger partial charge in [0, 0.05) is 12.1 Å². The van der Waals surface area contributed by atoms with Crippen molar-refractivity contribution in [2.75, 3.05) is 6.61 Å². The summed E-state index contributed by atoms with van der Waals surface area (Å²) >= 11 is 0. The number of nitrogens with zero attached hydrogens (tertiary/aromatic N) is 1. The number of nitrogens with one attached hydrogen (secondary N) is 1. The Balaban J connectivity index is 1.66. The summed E-state index contributed by atoms with van der Waals surface area (Å²) in [5, 5.41) is 22.9. The van der Waals surface area contributed by atoms with Gasteiger partial charge in [-0.3, -0.25) is 5.32 Å². The molecule has 0 saturated carbocycles. The van der Waals surface area contributed by atoms with Gasteiger partial charge in [-0.15, -0.1) is 0 Å². The van der Waals surface area contributed by atoms with Crippen molar-refractivity contribution >= 4 is 0 Å². The number of aliphatic hydroxyl groups excluding tert-OH is 2. The first-order valence-electron chi connectivity index (χ1n) is 7.46. The van der Waals surface area contributed by atoms with E-state index in [1.807, 2.05) is 31.9 Å². The van der Waals surface area contributed by atoms with Crippen molar-refractivity contribution in [3.63, 3.8) is 0 Å². The summed E-state index contributed by atoms with van der Waals surface area (Å²) in [7, 11) is 0. The second kappa shape index (κ2) is 4.41. The van der Waals surface area contributed by atoms with Crippen LogP contribution in [-0.2, 0) is 14.2 Å². The molecule has 3 saturated heterocycles. The minimum Gasteiger partial charge on any atom is -0.394 e. The van der Waals surface area contributed by atoms with Crippen LogP contribution in [0.25, 0.3) is 0 Å². The molecule has 3 fully saturated rings. The molecule has 0 radical (unpaired) electrons. The molecule has 118 valence electrons. The Morgan fingerprint density at radius 2 is 2.14 bits per heavy atom. The van der Waals surface area contributed by atoms with Gasteiger partial charge in [-0.05, 0) is 19.4 Å². The first kappa shape index (κ1) is 13.9. The van der Waals surface area contributed by atoms with Crippen LogP contribution in [0, 0.1) is 5.92 Å². The molecule has 0 spiro atoms. The summed E-state index contributed by atoms with van der Waals surface area (Å²) in [6.45, 7) is 5.69. The van der Waals surface area contributed by atoms with Gasteiger partial charge < -0.3 is 29.3 Å². The number of ether oxygens (including phenoxy) is 3. The van der Waals surface area contributed by atoms with E-state index in [4.69, 9.17) is 14.2 Å². The van der Waals surface area contributed by atoms with Gasteiger partial charge in [0.1, 0.15) is 24.2 Å². The number of rotatable bonds is 2. The molecule has 4 heterocycles. The van der Waals surface area contributed by atoms with Gasteiger partial charge in [-0.1, -0.05) is 6.92 Å². The summed E-state index contributed by atoms with van der Waals surface area (Å²) in [5.41, 5.74) is 0.372. The highest BCUT2D eigenvalue weighted by Gasteiger charge is 2.60. The summed E-state index contributed by atoms with van der Waals surface area (Å²) < 4.78 is 17.2. The number of epoxide rings is 2. The Labute approximate surface area is 123 Å². The van der Waals surface area contributed by atoms with E-state index in [-0.39, 0.29) is 37.3 Å². The number of aliphatic hydroxyl groups is 2. The van der Waals surface area contributed by atoms with E-state index >= 15 is 0 Å². The quantitative estimate of drug-likeness (QED) is 0.581. The third-order valence-electron chi connectivity index (χ3n) is 5.17. The molecule has 0 aromatic heterocycles. The van der Waals surface area contributed by atoms with Crippen LogP contribution in [0.3, 0.4) is 0 Å². The van der Waals surface area contributed by atoms with Crippen LogP contribution in [0.1, 0.15) is 20.8 Å². The van der Waals surface area contributed by atoms with E-state index in [9.17, 15) is 10.2 Å². The highest BCUT2D eigenvalue weighted by atomic mass is 16.7. The highest BCUT2D eigenvalue weighted by molar-refractivity contribution is 5.19. The van der Waals surface area contributed by atoms with Gasteiger partial charge >= 0.3 is 0 Å². The van der Waals surface area contributed by atoms with E-state index in [1.54, 1.807) is 0 Å². The zero-order chi connectivity index (χ0) is 14.9. The van der Waals surface area contributed by atoms with Gasteiger partial charge in [-0.2, -0.15) is 0 Å². The maximum absolute atomic E-state index is 10.3. The fraction of sp³-hybridized carbons (Fsp3) is 0.857. The van der Waals surface area contributed by atoms with E-state index in [1.165, 1.54) is 0 Å². The molecule has 4 aliphatic rings. The molecule has 7 heteroatoms. The van der Waals surface area contributed by atoms with Gasteiger partial charge in [0.05, 0.1) is 12.7 Å². The molecular weight excluding hydrogens is 276 g/mol. The Kier molecular flexibility index (Phi) is 2.92. The van der Waals surface area contributed by atoms with Crippen molar-refractivity contribution in [1.82, 2.24) is 10.2 Å². The van der Waals surface area contributed by atoms with E-state index in [0.717, 1.165) is 5.57 Å². The van der Waals surface area contributed by atoms with Crippen LogP contribution in [0.15, 0.2) is 11.8 Å². The zero-order valence-corrected chi connectivity index (χ0v) is 12.4. The zero-order valence-electron chi connectivity index (χ0n) is 12.4. The molecular formula is C14H22N2O5. The Hall–Kier alpha value is -0.700. The summed E-state index contributed by atoms with van der Waals surface area (Å²) in [6, 6.07) is 0. The highest BCUT2D eigenvalue weighted by Crippen LogP contribution is 2.46. The number of hydrogen-bond donors (Lipinski definition) is 3. The first-order chi connectivity index (χ1) is 9.95. The van der Waals surface area contributed by atoms with Gasteiger partial charge in [0.15, 0.2) is 12.5 Å². The van der Waals surface area contributed by atoms with Gasteiger partial charge in [-0.25, -0.2) is 0 Å². The molecule has 0 aromatic carbocycles. The monoisotopic (exact) mass is 298 g/mol. The fourth-order valence-electron chi connectivity index (χ4n) is 3.50. The normalized spacial score (nSPS) is 55.2. The van der Waals surface area contributed by atoms with Gasteiger partial charge in [0.2, 0.25) is 0 Å². The summed E-state index contributed by atoms with van der Waals surface area (Å²) in [5.74, 6) is -0.154. The third kappa shape index (κ3) is 1.96. The van der Waals surface area contributed by atoms with Crippen molar-refractivity contribution < 1.29 is 24.4 Å². The minimum absolute atomic E-state index is 0.0453. The predicted octanol–water partition coefficient (Wildman–Crippen LogP) is -0.693. The fourth-order valence-corrected chi connectivity index (χ4v) is 3.50. The molecule has 21 heavy (non-hydrogen) atoms. The molecule has 8 atom stereocenters. The van der Waals surface area contributed by atoms with Crippen LogP contribution in [0.2, 0.25) is 0 Å². The van der Waals surface area contributed by atoms with Crippen LogP contribution in [0.5, 0.6) is 0 Å². The lowest BCUT2D eigenvalue weighted by Gasteiger charge is -2.40. The summed E-state index contributed by atoms with van der Waals surface area (Å²) in [6.07, 6.45) is 0.650. The molecule has 7 unspecified atom stereocenters. The average molecular weight is 298 g/mol. The molecule has 4 rings (SSSR count). The topological polar surface area (TPSA) is 90.0 Å². The largest absolute Gasteiger partial charge is 0.394 e. The van der Waals surface area contributed by atoms with Crippen molar-refractivity contribution in [3.8, 4) is 0 Å². The van der Waals surface area contributed by atoms with E-state index < -0.39 is 17.9 Å². The molecule has 0 aromatic rings. The Morgan fingerprint density at radius 1 is 1.38 bits per heavy atom. The number of hydrogen-bond acceptors (Lipinski definition) is 7. The maximum atomic E-state index is 10.3. The molecule has 0 amide bonds. The maximum Gasteiger partial charge on any atom is 0.174 e. The lowest BCUT2D eigenvalue weighted by molar-refractivity contribution is -0.152.